The lowest BCUT2D eigenvalue weighted by Crippen LogP contribution is -1.95. The second-order valence-corrected chi connectivity index (χ2v) is 10.3. The molecule has 0 aliphatic heterocycles. The molecule has 31 heavy (non-hydrogen) atoms. The summed E-state index contributed by atoms with van der Waals surface area (Å²) >= 11 is 13.2. The summed E-state index contributed by atoms with van der Waals surface area (Å²) in [7, 11) is -0.587. The van der Waals surface area contributed by atoms with Gasteiger partial charge in [0, 0.05) is 5.56 Å². The molecule has 0 atom stereocenters. The highest BCUT2D eigenvalue weighted by molar-refractivity contribution is 7.67. The number of halogens is 2. The largest absolute Gasteiger partial charge is 0.0827 e. The first-order chi connectivity index (χ1) is 15.2. The fourth-order valence-corrected chi connectivity index (χ4v) is 6.66. The summed E-state index contributed by atoms with van der Waals surface area (Å²) in [6, 6.07) is 37.8. The highest BCUT2D eigenvalue weighted by Crippen LogP contribution is 2.57. The first-order valence-corrected chi connectivity index (χ1v) is 12.7. The van der Waals surface area contributed by atoms with E-state index in [9.17, 15) is 0 Å². The molecule has 0 nitrogen and oxygen atoms in total. The Kier molecular flexibility index (Phi) is 7.60. The average Bonchev–Trinajstić information content (AvgIpc) is 2.81. The standard InChI is InChI=1S/C28H23Cl2P/c29-26-18-10-17-25(28(26)30)27(19-22-11-4-1-5-12-22)31(20-23-13-6-2-7-14-23)21-24-15-8-3-9-16-24/h1-19H,20-21H2. The lowest BCUT2D eigenvalue weighted by Gasteiger charge is -2.24. The molecule has 0 unspecified atom stereocenters. The summed E-state index contributed by atoms with van der Waals surface area (Å²) < 4.78 is 0. The van der Waals surface area contributed by atoms with Gasteiger partial charge in [-0.15, -0.1) is 0 Å². The van der Waals surface area contributed by atoms with Crippen LogP contribution < -0.4 is 0 Å². The smallest absolute Gasteiger partial charge is 0.0671 e. The van der Waals surface area contributed by atoms with Crippen LogP contribution in [0, 0.1) is 0 Å². The number of hydrogen-bond donors (Lipinski definition) is 0. The van der Waals surface area contributed by atoms with Gasteiger partial charge in [0.2, 0.25) is 0 Å². The van der Waals surface area contributed by atoms with E-state index in [1.54, 1.807) is 0 Å². The van der Waals surface area contributed by atoms with Gasteiger partial charge in [-0.1, -0.05) is 134 Å². The molecular formula is C28H23Cl2P. The van der Waals surface area contributed by atoms with Crippen LogP contribution in [0.5, 0.6) is 0 Å². The lowest BCUT2D eigenvalue weighted by atomic mass is 10.1. The Labute approximate surface area is 195 Å². The van der Waals surface area contributed by atoms with Gasteiger partial charge in [0.25, 0.3) is 0 Å². The van der Waals surface area contributed by atoms with Crippen LogP contribution in [-0.2, 0) is 12.3 Å². The van der Waals surface area contributed by atoms with Gasteiger partial charge < -0.3 is 0 Å². The molecule has 0 fully saturated rings. The predicted molar refractivity (Wildman–Crippen MR) is 138 cm³/mol. The molecule has 3 heteroatoms. The Balaban J connectivity index is 1.84. The lowest BCUT2D eigenvalue weighted by molar-refractivity contribution is 1.33. The van der Waals surface area contributed by atoms with E-state index in [1.807, 2.05) is 18.2 Å². The molecule has 154 valence electrons. The fourth-order valence-electron chi connectivity index (χ4n) is 3.58. The summed E-state index contributed by atoms with van der Waals surface area (Å²) in [5.41, 5.74) is 4.86. The molecular weight excluding hydrogens is 438 g/mol. The quantitative estimate of drug-likeness (QED) is 0.190. The highest BCUT2D eigenvalue weighted by atomic mass is 35.5. The van der Waals surface area contributed by atoms with E-state index in [0.717, 1.165) is 17.9 Å². The van der Waals surface area contributed by atoms with Crippen LogP contribution >= 0.6 is 31.1 Å². The molecule has 0 amide bonds. The minimum absolute atomic E-state index is 0.587. The maximum absolute atomic E-state index is 6.74. The van der Waals surface area contributed by atoms with E-state index >= 15 is 0 Å². The Morgan fingerprint density at radius 1 is 0.613 bits per heavy atom. The van der Waals surface area contributed by atoms with Gasteiger partial charge in [-0.2, -0.15) is 0 Å². The van der Waals surface area contributed by atoms with Crippen LogP contribution in [0.15, 0.2) is 109 Å². The molecule has 0 radical (unpaired) electrons. The minimum Gasteiger partial charge on any atom is -0.0827 e. The second-order valence-electron chi connectivity index (χ2n) is 7.37. The summed E-state index contributed by atoms with van der Waals surface area (Å²) in [6.45, 7) is 0. The summed E-state index contributed by atoms with van der Waals surface area (Å²) in [5, 5.41) is 2.48. The zero-order valence-corrected chi connectivity index (χ0v) is 19.5. The second kappa shape index (κ2) is 10.8. The van der Waals surface area contributed by atoms with Crippen LogP contribution in [0.3, 0.4) is 0 Å². The van der Waals surface area contributed by atoms with Crippen molar-refractivity contribution in [2.24, 2.45) is 0 Å². The third-order valence-electron chi connectivity index (χ3n) is 5.10. The monoisotopic (exact) mass is 460 g/mol. The molecule has 0 heterocycles. The van der Waals surface area contributed by atoms with Crippen molar-refractivity contribution in [3.05, 3.63) is 141 Å². The average molecular weight is 461 g/mol. The van der Waals surface area contributed by atoms with Gasteiger partial charge >= 0.3 is 0 Å². The molecule has 0 saturated carbocycles. The number of benzene rings is 4. The predicted octanol–water partition coefficient (Wildman–Crippen LogP) is 9.37. The van der Waals surface area contributed by atoms with Crippen molar-refractivity contribution in [3.8, 4) is 0 Å². The van der Waals surface area contributed by atoms with E-state index < -0.39 is 7.92 Å². The van der Waals surface area contributed by atoms with Crippen molar-refractivity contribution in [1.82, 2.24) is 0 Å². The van der Waals surface area contributed by atoms with Crippen molar-refractivity contribution in [2.45, 2.75) is 12.3 Å². The van der Waals surface area contributed by atoms with Crippen LogP contribution in [0.2, 0.25) is 10.0 Å². The van der Waals surface area contributed by atoms with Gasteiger partial charge in [0.15, 0.2) is 0 Å². The van der Waals surface area contributed by atoms with Crippen molar-refractivity contribution in [1.29, 1.82) is 0 Å². The maximum Gasteiger partial charge on any atom is 0.0671 e. The molecule has 4 rings (SSSR count). The zero-order chi connectivity index (χ0) is 21.5. The van der Waals surface area contributed by atoms with Gasteiger partial charge in [-0.25, -0.2) is 0 Å². The van der Waals surface area contributed by atoms with Crippen LogP contribution in [0.4, 0.5) is 0 Å². The molecule has 0 N–H and O–H groups in total. The van der Waals surface area contributed by atoms with Gasteiger partial charge in [-0.05, 0) is 46.5 Å². The minimum atomic E-state index is -0.587. The number of hydrogen-bond acceptors (Lipinski definition) is 0. The van der Waals surface area contributed by atoms with Crippen molar-refractivity contribution in [2.75, 3.05) is 0 Å². The molecule has 4 aromatic rings. The van der Waals surface area contributed by atoms with Crippen molar-refractivity contribution >= 4 is 42.5 Å². The molecule has 0 aliphatic carbocycles. The topological polar surface area (TPSA) is 0 Å². The van der Waals surface area contributed by atoms with Gasteiger partial charge in [-0.3, -0.25) is 0 Å². The van der Waals surface area contributed by atoms with E-state index in [4.69, 9.17) is 23.2 Å². The fraction of sp³-hybridized carbons (Fsp3) is 0.0714. The molecule has 0 aromatic heterocycles. The zero-order valence-electron chi connectivity index (χ0n) is 17.1. The first kappa shape index (κ1) is 21.8. The summed E-state index contributed by atoms with van der Waals surface area (Å²) in [4.78, 5) is 0. The molecule has 0 spiro atoms. The summed E-state index contributed by atoms with van der Waals surface area (Å²) in [5.74, 6) is 0. The van der Waals surface area contributed by atoms with Crippen LogP contribution in [-0.4, -0.2) is 0 Å². The Morgan fingerprint density at radius 2 is 1.13 bits per heavy atom. The van der Waals surface area contributed by atoms with E-state index in [0.29, 0.717) is 10.0 Å². The van der Waals surface area contributed by atoms with Crippen LogP contribution in [0.1, 0.15) is 22.3 Å². The molecule has 0 saturated heterocycles. The molecule has 0 bridgehead atoms. The highest BCUT2D eigenvalue weighted by Gasteiger charge is 2.20. The number of rotatable bonds is 7. The Bertz CT molecular complexity index is 1100. The van der Waals surface area contributed by atoms with E-state index in [-0.39, 0.29) is 0 Å². The van der Waals surface area contributed by atoms with Gasteiger partial charge in [0.05, 0.1) is 10.0 Å². The van der Waals surface area contributed by atoms with E-state index in [1.165, 1.54) is 22.0 Å². The third kappa shape index (κ3) is 5.86. The van der Waals surface area contributed by atoms with Crippen molar-refractivity contribution < 1.29 is 0 Å². The normalized spacial score (nSPS) is 11.6. The first-order valence-electron chi connectivity index (χ1n) is 10.2. The Morgan fingerprint density at radius 3 is 1.68 bits per heavy atom. The van der Waals surface area contributed by atoms with Gasteiger partial charge in [0.1, 0.15) is 0 Å². The Hall–Kier alpha value is -2.37. The van der Waals surface area contributed by atoms with Crippen molar-refractivity contribution in [3.63, 3.8) is 0 Å². The summed E-state index contributed by atoms with van der Waals surface area (Å²) in [6.07, 6.45) is 4.24. The maximum atomic E-state index is 6.74. The van der Waals surface area contributed by atoms with E-state index in [2.05, 4.69) is 97.1 Å². The van der Waals surface area contributed by atoms with Crippen LogP contribution in [0.25, 0.3) is 11.4 Å². The molecule has 0 aliphatic rings. The molecule has 4 aromatic carbocycles. The SMILES string of the molecule is Clc1cccc(C(=Cc2ccccc2)P(Cc2ccccc2)Cc2ccccc2)c1Cl. The third-order valence-corrected chi connectivity index (χ3v) is 8.47.